The molecule has 0 aliphatic carbocycles. The molecule has 1 rings (SSSR count). The van der Waals surface area contributed by atoms with Crippen molar-refractivity contribution in [1.82, 2.24) is 0 Å². The summed E-state index contributed by atoms with van der Waals surface area (Å²) in [5.41, 5.74) is 5.96. The first-order chi connectivity index (χ1) is 10.4. The highest BCUT2D eigenvalue weighted by molar-refractivity contribution is 5.75. The SMILES string of the molecule is CCc1c(CC)c(CC(=O)O)c(CC)c(CC(=O)O)c1CC. The van der Waals surface area contributed by atoms with Crippen LogP contribution in [0.4, 0.5) is 0 Å². The maximum Gasteiger partial charge on any atom is 0.307 e. The zero-order chi connectivity index (χ0) is 16.9. The van der Waals surface area contributed by atoms with Gasteiger partial charge in [-0.05, 0) is 59.1 Å². The molecule has 2 N–H and O–H groups in total. The van der Waals surface area contributed by atoms with Crippen molar-refractivity contribution < 1.29 is 19.8 Å². The third kappa shape index (κ3) is 3.67. The van der Waals surface area contributed by atoms with E-state index in [0.29, 0.717) is 6.42 Å². The van der Waals surface area contributed by atoms with Crippen molar-refractivity contribution in [3.63, 3.8) is 0 Å². The van der Waals surface area contributed by atoms with Gasteiger partial charge in [-0.2, -0.15) is 0 Å². The number of benzene rings is 1. The fourth-order valence-electron chi connectivity index (χ4n) is 3.53. The second kappa shape index (κ2) is 7.97. The molecular formula is C18H26O4. The van der Waals surface area contributed by atoms with Crippen LogP contribution in [0.5, 0.6) is 0 Å². The van der Waals surface area contributed by atoms with Gasteiger partial charge in [0.2, 0.25) is 0 Å². The Morgan fingerprint density at radius 2 is 0.818 bits per heavy atom. The van der Waals surface area contributed by atoms with E-state index in [1.165, 1.54) is 0 Å². The van der Waals surface area contributed by atoms with Crippen LogP contribution in [0.2, 0.25) is 0 Å². The topological polar surface area (TPSA) is 74.6 Å². The molecule has 4 heteroatoms. The zero-order valence-corrected chi connectivity index (χ0v) is 14.0. The Morgan fingerprint density at radius 3 is 1.05 bits per heavy atom. The van der Waals surface area contributed by atoms with Crippen molar-refractivity contribution in [3.8, 4) is 0 Å². The summed E-state index contributed by atoms with van der Waals surface area (Å²) in [6.45, 7) is 8.09. The van der Waals surface area contributed by atoms with Crippen LogP contribution in [0.15, 0.2) is 0 Å². The first kappa shape index (κ1) is 18.2. The summed E-state index contributed by atoms with van der Waals surface area (Å²) < 4.78 is 0. The number of carbonyl (C=O) groups is 2. The standard InChI is InChI=1S/C18H26O4/c1-5-11-12(6-2)15(9-17(19)20)14(8-4)16(10-18(21)22)13(11)7-3/h5-10H2,1-4H3,(H,19,20)(H,21,22). The third-order valence-corrected chi connectivity index (χ3v) is 4.26. The monoisotopic (exact) mass is 306 g/mol. The van der Waals surface area contributed by atoms with Crippen LogP contribution >= 0.6 is 0 Å². The van der Waals surface area contributed by atoms with E-state index >= 15 is 0 Å². The smallest absolute Gasteiger partial charge is 0.307 e. The van der Waals surface area contributed by atoms with Crippen molar-refractivity contribution in [1.29, 1.82) is 0 Å². The summed E-state index contributed by atoms with van der Waals surface area (Å²) in [6, 6.07) is 0. The summed E-state index contributed by atoms with van der Waals surface area (Å²) in [7, 11) is 0. The zero-order valence-electron chi connectivity index (χ0n) is 14.0. The highest BCUT2D eigenvalue weighted by Gasteiger charge is 2.22. The van der Waals surface area contributed by atoms with Crippen LogP contribution in [0.1, 0.15) is 61.1 Å². The lowest BCUT2D eigenvalue weighted by Gasteiger charge is -2.24. The third-order valence-electron chi connectivity index (χ3n) is 4.26. The Bertz CT molecular complexity index is 528. The number of hydrogen-bond donors (Lipinski definition) is 2. The van der Waals surface area contributed by atoms with E-state index in [-0.39, 0.29) is 12.8 Å². The van der Waals surface area contributed by atoms with Crippen LogP contribution in [0.3, 0.4) is 0 Å². The molecule has 0 aromatic heterocycles. The molecule has 1 aromatic carbocycles. The molecule has 0 spiro atoms. The van der Waals surface area contributed by atoms with E-state index in [4.69, 9.17) is 0 Å². The lowest BCUT2D eigenvalue weighted by atomic mass is 9.80. The summed E-state index contributed by atoms with van der Waals surface area (Å²) in [5, 5.41) is 18.5. The van der Waals surface area contributed by atoms with Crippen LogP contribution < -0.4 is 0 Å². The fraction of sp³-hybridized carbons (Fsp3) is 0.556. The lowest BCUT2D eigenvalue weighted by Crippen LogP contribution is -2.17. The van der Waals surface area contributed by atoms with Crippen molar-refractivity contribution in [2.75, 3.05) is 0 Å². The number of hydrogen-bond acceptors (Lipinski definition) is 2. The fourth-order valence-corrected chi connectivity index (χ4v) is 3.53. The van der Waals surface area contributed by atoms with E-state index in [9.17, 15) is 19.8 Å². The molecule has 1 aromatic rings. The molecular weight excluding hydrogens is 280 g/mol. The molecule has 22 heavy (non-hydrogen) atoms. The average molecular weight is 306 g/mol. The number of aliphatic carboxylic acids is 2. The molecule has 0 radical (unpaired) electrons. The Kier molecular flexibility index (Phi) is 6.60. The summed E-state index contributed by atoms with van der Waals surface area (Å²) in [5.74, 6) is -1.73. The van der Waals surface area contributed by atoms with Gasteiger partial charge in [0.15, 0.2) is 0 Å². The summed E-state index contributed by atoms with van der Waals surface area (Å²) in [6.07, 6.45) is 2.95. The lowest BCUT2D eigenvalue weighted by molar-refractivity contribution is -0.137. The molecule has 0 fully saturated rings. The molecule has 0 amide bonds. The highest BCUT2D eigenvalue weighted by atomic mass is 16.4. The molecule has 122 valence electrons. The van der Waals surface area contributed by atoms with Crippen LogP contribution in [-0.2, 0) is 48.1 Å². The minimum Gasteiger partial charge on any atom is -0.481 e. The van der Waals surface area contributed by atoms with Gasteiger partial charge in [-0.15, -0.1) is 0 Å². The molecule has 0 bridgehead atoms. The minimum atomic E-state index is -0.864. The maximum atomic E-state index is 11.3. The van der Waals surface area contributed by atoms with Crippen LogP contribution in [0, 0.1) is 0 Å². The Labute approximate surface area is 132 Å². The summed E-state index contributed by atoms with van der Waals surface area (Å²) >= 11 is 0. The predicted octanol–water partition coefficient (Wildman–Crippen LogP) is 3.19. The van der Waals surface area contributed by atoms with Crippen molar-refractivity contribution in [2.24, 2.45) is 0 Å². The van der Waals surface area contributed by atoms with E-state index in [1.807, 2.05) is 27.7 Å². The Hall–Kier alpha value is -1.84. The number of carboxylic acid groups (broad SMARTS) is 2. The molecule has 0 unspecified atom stereocenters. The number of carboxylic acids is 2. The normalized spacial score (nSPS) is 10.7. The molecule has 0 aliphatic rings. The molecule has 0 aliphatic heterocycles. The van der Waals surface area contributed by atoms with Gasteiger partial charge in [0.1, 0.15) is 0 Å². The molecule has 0 saturated carbocycles. The minimum absolute atomic E-state index is 0.0318. The van der Waals surface area contributed by atoms with Gasteiger partial charge in [0.05, 0.1) is 12.8 Å². The number of rotatable bonds is 8. The highest BCUT2D eigenvalue weighted by Crippen LogP contribution is 2.31. The molecule has 4 nitrogen and oxygen atoms in total. The Morgan fingerprint density at radius 1 is 0.591 bits per heavy atom. The van der Waals surface area contributed by atoms with Crippen molar-refractivity contribution in [3.05, 3.63) is 33.4 Å². The van der Waals surface area contributed by atoms with E-state index in [2.05, 4.69) is 0 Å². The van der Waals surface area contributed by atoms with Gasteiger partial charge in [-0.25, -0.2) is 0 Å². The van der Waals surface area contributed by atoms with Crippen LogP contribution in [0.25, 0.3) is 0 Å². The summed E-state index contributed by atoms with van der Waals surface area (Å²) in [4.78, 5) is 22.6. The predicted molar refractivity (Wildman–Crippen MR) is 86.6 cm³/mol. The Balaban J connectivity index is 3.79. The largest absolute Gasteiger partial charge is 0.481 e. The first-order valence-electron chi connectivity index (χ1n) is 8.01. The van der Waals surface area contributed by atoms with Crippen LogP contribution in [-0.4, -0.2) is 22.2 Å². The average Bonchev–Trinajstić information content (AvgIpc) is 2.45. The first-order valence-corrected chi connectivity index (χ1v) is 8.01. The van der Waals surface area contributed by atoms with Gasteiger partial charge in [0.25, 0.3) is 0 Å². The van der Waals surface area contributed by atoms with E-state index < -0.39 is 11.9 Å². The van der Waals surface area contributed by atoms with E-state index in [0.717, 1.165) is 52.6 Å². The molecule has 0 saturated heterocycles. The maximum absolute atomic E-state index is 11.3. The molecule has 0 heterocycles. The van der Waals surface area contributed by atoms with Gasteiger partial charge >= 0.3 is 11.9 Å². The van der Waals surface area contributed by atoms with E-state index in [1.54, 1.807) is 0 Å². The van der Waals surface area contributed by atoms with Gasteiger partial charge in [-0.1, -0.05) is 27.7 Å². The second-order valence-corrected chi connectivity index (χ2v) is 5.43. The second-order valence-electron chi connectivity index (χ2n) is 5.43. The van der Waals surface area contributed by atoms with Gasteiger partial charge < -0.3 is 10.2 Å². The van der Waals surface area contributed by atoms with Gasteiger partial charge in [0, 0.05) is 0 Å². The quantitative estimate of drug-likeness (QED) is 0.773. The van der Waals surface area contributed by atoms with Crippen molar-refractivity contribution in [2.45, 2.75) is 66.2 Å². The van der Waals surface area contributed by atoms with Gasteiger partial charge in [-0.3, -0.25) is 9.59 Å². The molecule has 0 atom stereocenters. The van der Waals surface area contributed by atoms with Crippen molar-refractivity contribution >= 4 is 11.9 Å².